The van der Waals surface area contributed by atoms with Crippen molar-refractivity contribution < 1.29 is 38.0 Å². The SMILES string of the molecule is CC(C)Oc1ccc2cc(C3(OC(=O)C(=O)OC4(c5ccc6cc(OC(C)C)ccc6c5)CCN(CCCOc5cccc6[nH]ccc56)CC4)CCN(CCCOc4cccc5[nH]ccc45)CC3)ccc2c1. The van der Waals surface area contributed by atoms with E-state index >= 15 is 0 Å². The van der Waals surface area contributed by atoms with Gasteiger partial charge in [0.05, 0.1) is 25.4 Å². The van der Waals surface area contributed by atoms with E-state index in [1.165, 1.54) is 0 Å². The van der Waals surface area contributed by atoms with Crippen molar-refractivity contribution in [3.63, 3.8) is 0 Å². The largest absolute Gasteiger partial charge is 0.493 e. The molecule has 0 amide bonds. The Morgan fingerprint density at radius 1 is 0.514 bits per heavy atom. The average Bonchev–Trinajstić information content (AvgIpc) is 4.08. The van der Waals surface area contributed by atoms with Gasteiger partial charge < -0.3 is 48.2 Å². The van der Waals surface area contributed by atoms with Crippen molar-refractivity contribution in [3.05, 3.63) is 145 Å². The zero-order chi connectivity index (χ0) is 49.7. The molecular formula is C60H66N4O8. The maximum Gasteiger partial charge on any atom is 0.418 e. The number of carbonyl (C=O) groups excluding carboxylic acids is 2. The van der Waals surface area contributed by atoms with Gasteiger partial charge in [-0.25, -0.2) is 9.59 Å². The summed E-state index contributed by atoms with van der Waals surface area (Å²) >= 11 is 0. The molecule has 0 spiro atoms. The summed E-state index contributed by atoms with van der Waals surface area (Å²) in [6.45, 7) is 13.5. The molecule has 2 aliphatic heterocycles. The number of hydrogen-bond donors (Lipinski definition) is 2. The molecule has 0 aliphatic carbocycles. The van der Waals surface area contributed by atoms with E-state index in [0.29, 0.717) is 65.1 Å². The first kappa shape index (κ1) is 48.6. The van der Waals surface area contributed by atoms with Gasteiger partial charge in [0.1, 0.15) is 34.2 Å². The third kappa shape index (κ3) is 10.9. The quantitative estimate of drug-likeness (QED) is 0.0487. The second-order valence-corrected chi connectivity index (χ2v) is 20.0. The van der Waals surface area contributed by atoms with Crippen LogP contribution in [0.4, 0.5) is 0 Å². The Hall–Kier alpha value is -7.02. The van der Waals surface area contributed by atoms with Crippen molar-refractivity contribution in [2.45, 2.75) is 89.6 Å². The van der Waals surface area contributed by atoms with Crippen LogP contribution in [-0.2, 0) is 30.3 Å². The molecule has 0 atom stereocenters. The number of H-pyrrole nitrogens is 2. The van der Waals surface area contributed by atoms with Crippen LogP contribution in [0, 0.1) is 0 Å². The Morgan fingerprint density at radius 2 is 0.917 bits per heavy atom. The highest BCUT2D eigenvalue weighted by Gasteiger charge is 2.45. The molecule has 0 unspecified atom stereocenters. The summed E-state index contributed by atoms with van der Waals surface area (Å²) in [6.07, 6.45) is 7.63. The number of nitrogens with zero attached hydrogens (tertiary/aromatic N) is 2. The van der Waals surface area contributed by atoms with Gasteiger partial charge in [0, 0.05) is 99.2 Å². The molecule has 2 saturated heterocycles. The lowest BCUT2D eigenvalue weighted by Crippen LogP contribution is -2.49. The molecule has 0 bridgehead atoms. The summed E-state index contributed by atoms with van der Waals surface area (Å²) in [6, 6.07) is 40.6. The minimum absolute atomic E-state index is 0.0438. The number of nitrogens with one attached hydrogen (secondary N) is 2. The lowest BCUT2D eigenvalue weighted by atomic mass is 9.82. The van der Waals surface area contributed by atoms with Crippen molar-refractivity contribution in [1.29, 1.82) is 0 Å². The van der Waals surface area contributed by atoms with E-state index in [-0.39, 0.29) is 12.2 Å². The van der Waals surface area contributed by atoms with Gasteiger partial charge in [0.2, 0.25) is 0 Å². The van der Waals surface area contributed by atoms with Crippen LogP contribution in [0.5, 0.6) is 23.0 Å². The van der Waals surface area contributed by atoms with Gasteiger partial charge in [-0.15, -0.1) is 0 Å². The summed E-state index contributed by atoms with van der Waals surface area (Å²) < 4.78 is 37.6. The molecule has 0 radical (unpaired) electrons. The topological polar surface area (TPSA) is 128 Å². The van der Waals surface area contributed by atoms with Crippen molar-refractivity contribution in [3.8, 4) is 23.0 Å². The van der Waals surface area contributed by atoms with Gasteiger partial charge in [-0.2, -0.15) is 0 Å². The number of ether oxygens (including phenoxy) is 6. The second-order valence-electron chi connectivity index (χ2n) is 20.0. The summed E-state index contributed by atoms with van der Waals surface area (Å²) in [5.41, 5.74) is 1.68. The molecule has 2 fully saturated rings. The number of benzene rings is 6. The molecule has 0 saturated carbocycles. The normalized spacial score (nSPS) is 16.1. The third-order valence-corrected chi connectivity index (χ3v) is 14.4. The summed E-state index contributed by atoms with van der Waals surface area (Å²) in [5.74, 6) is 1.36. The monoisotopic (exact) mass is 970 g/mol. The van der Waals surface area contributed by atoms with Gasteiger partial charge in [-0.05, 0) is 146 Å². The van der Waals surface area contributed by atoms with Crippen LogP contribution in [-0.4, -0.2) is 96.4 Å². The van der Waals surface area contributed by atoms with E-state index in [1.807, 2.05) is 137 Å². The molecule has 10 rings (SSSR count). The van der Waals surface area contributed by atoms with E-state index < -0.39 is 23.1 Å². The van der Waals surface area contributed by atoms with E-state index in [4.69, 9.17) is 28.4 Å². The Bertz CT molecular complexity index is 2950. The first-order valence-corrected chi connectivity index (χ1v) is 25.7. The number of aromatic amines is 2. The lowest BCUT2D eigenvalue weighted by molar-refractivity contribution is -0.193. The summed E-state index contributed by atoms with van der Waals surface area (Å²) in [7, 11) is 0. The molecule has 12 heteroatoms. The Kier molecular flexibility index (Phi) is 14.4. The van der Waals surface area contributed by atoms with E-state index in [2.05, 4.69) is 44.0 Å². The molecule has 2 aromatic heterocycles. The van der Waals surface area contributed by atoms with Gasteiger partial charge >= 0.3 is 11.9 Å². The number of carbonyl (C=O) groups is 2. The van der Waals surface area contributed by atoms with Crippen molar-refractivity contribution in [1.82, 2.24) is 19.8 Å². The Labute approximate surface area is 421 Å². The van der Waals surface area contributed by atoms with E-state index in [9.17, 15) is 9.59 Å². The minimum Gasteiger partial charge on any atom is -0.493 e. The molecule has 12 nitrogen and oxygen atoms in total. The standard InChI is InChI=1S/C60H66N4O8/c1-41(2)69-49-19-15-43-37-47(17-13-45(43)39-49)59(23-31-63(32-24-59)29-7-35-67-55-11-5-9-53-51(55)21-27-61-53)71-57(65)58(66)72-60(48-18-14-46-40-50(70-42(3)4)20-16-44(46)38-48)25-33-64(34-26-60)30-8-36-68-56-12-6-10-54-52(56)22-28-62-54/h5-6,9-22,27-28,37-42,61-62H,7-8,23-26,29-36H2,1-4H3. The fraction of sp³-hybridized carbons (Fsp3) is 0.367. The van der Waals surface area contributed by atoms with Crippen LogP contribution in [0.15, 0.2) is 134 Å². The van der Waals surface area contributed by atoms with Crippen LogP contribution in [0.3, 0.4) is 0 Å². The van der Waals surface area contributed by atoms with Crippen LogP contribution >= 0.6 is 0 Å². The lowest BCUT2D eigenvalue weighted by Gasteiger charge is -2.43. The molecule has 4 heterocycles. The number of fused-ring (bicyclic) bond motifs is 4. The van der Waals surface area contributed by atoms with Crippen molar-refractivity contribution in [2.24, 2.45) is 0 Å². The minimum atomic E-state index is -1.06. The van der Waals surface area contributed by atoms with Crippen LogP contribution in [0.25, 0.3) is 43.4 Å². The maximum absolute atomic E-state index is 14.5. The fourth-order valence-electron chi connectivity index (χ4n) is 10.6. The zero-order valence-electron chi connectivity index (χ0n) is 41.9. The number of rotatable bonds is 18. The first-order valence-electron chi connectivity index (χ1n) is 25.7. The molecule has 6 aromatic carbocycles. The van der Waals surface area contributed by atoms with E-state index in [1.54, 1.807) is 0 Å². The van der Waals surface area contributed by atoms with Crippen LogP contribution in [0.2, 0.25) is 0 Å². The highest BCUT2D eigenvalue weighted by atomic mass is 16.6. The number of piperidine rings is 2. The van der Waals surface area contributed by atoms with Crippen molar-refractivity contribution >= 4 is 55.3 Å². The maximum atomic E-state index is 14.5. The number of esters is 2. The van der Waals surface area contributed by atoms with Crippen molar-refractivity contribution in [2.75, 3.05) is 52.5 Å². The van der Waals surface area contributed by atoms with Crippen LogP contribution in [0.1, 0.15) is 77.3 Å². The predicted molar refractivity (Wildman–Crippen MR) is 283 cm³/mol. The number of likely N-dealkylation sites (tertiary alicyclic amines) is 2. The number of hydrogen-bond acceptors (Lipinski definition) is 10. The summed E-state index contributed by atoms with van der Waals surface area (Å²) in [4.78, 5) is 40.3. The Morgan fingerprint density at radius 3 is 1.33 bits per heavy atom. The predicted octanol–water partition coefficient (Wildman–Crippen LogP) is 11.8. The summed E-state index contributed by atoms with van der Waals surface area (Å²) in [5, 5.41) is 6.15. The fourth-order valence-corrected chi connectivity index (χ4v) is 10.6. The Balaban J connectivity index is 0.854. The molecule has 374 valence electrons. The molecule has 2 N–H and O–H groups in total. The highest BCUT2D eigenvalue weighted by Crippen LogP contribution is 2.42. The van der Waals surface area contributed by atoms with Gasteiger partial charge in [-0.3, -0.25) is 0 Å². The van der Waals surface area contributed by atoms with E-state index in [0.717, 1.165) is 103 Å². The molecule has 2 aliphatic rings. The third-order valence-electron chi connectivity index (χ3n) is 14.4. The highest BCUT2D eigenvalue weighted by molar-refractivity contribution is 6.30. The number of aromatic nitrogens is 2. The smallest absolute Gasteiger partial charge is 0.418 e. The first-order chi connectivity index (χ1) is 35.0. The molecular weight excluding hydrogens is 905 g/mol. The molecule has 8 aromatic rings. The van der Waals surface area contributed by atoms with Gasteiger partial charge in [-0.1, -0.05) is 48.5 Å². The average molecular weight is 971 g/mol. The van der Waals surface area contributed by atoms with Crippen LogP contribution < -0.4 is 18.9 Å². The van der Waals surface area contributed by atoms with Gasteiger partial charge in [0.25, 0.3) is 0 Å². The second kappa shape index (κ2) is 21.4. The molecule has 72 heavy (non-hydrogen) atoms. The zero-order valence-corrected chi connectivity index (χ0v) is 41.9. The van der Waals surface area contributed by atoms with Gasteiger partial charge in [0.15, 0.2) is 0 Å².